The highest BCUT2D eigenvalue weighted by molar-refractivity contribution is 5.54. The predicted octanol–water partition coefficient (Wildman–Crippen LogP) is 2.75. The van der Waals surface area contributed by atoms with E-state index in [1.807, 2.05) is 6.20 Å². The summed E-state index contributed by atoms with van der Waals surface area (Å²) in [6, 6.07) is 4.85. The number of hydrogen-bond donors (Lipinski definition) is 1. The molecule has 0 aliphatic heterocycles. The Labute approximate surface area is 97.9 Å². The lowest BCUT2D eigenvalue weighted by Gasteiger charge is -2.27. The van der Waals surface area contributed by atoms with E-state index in [1.165, 1.54) is 18.5 Å². The average molecular weight is 219 g/mol. The first-order valence-corrected chi connectivity index (χ1v) is 6.15. The average Bonchev–Trinajstić information content (AvgIpc) is 3.12. The molecule has 0 spiro atoms. The Balaban J connectivity index is 2.09. The van der Waals surface area contributed by atoms with E-state index in [9.17, 15) is 0 Å². The van der Waals surface area contributed by atoms with Crippen LogP contribution >= 0.6 is 0 Å². The van der Waals surface area contributed by atoms with Gasteiger partial charge < -0.3 is 10.2 Å². The van der Waals surface area contributed by atoms with Crippen molar-refractivity contribution in [3.05, 3.63) is 18.3 Å². The third-order valence-corrected chi connectivity index (χ3v) is 3.42. The van der Waals surface area contributed by atoms with Crippen molar-refractivity contribution in [3.63, 3.8) is 0 Å². The molecule has 1 fully saturated rings. The maximum Gasteiger partial charge on any atom is 0.127 e. The van der Waals surface area contributed by atoms with Gasteiger partial charge in [-0.2, -0.15) is 0 Å². The minimum Gasteiger partial charge on any atom is -0.371 e. The molecule has 0 bridgehead atoms. The number of rotatable bonds is 5. The van der Waals surface area contributed by atoms with E-state index in [0.717, 1.165) is 18.3 Å². The fourth-order valence-electron chi connectivity index (χ4n) is 2.05. The van der Waals surface area contributed by atoms with Gasteiger partial charge in [0.25, 0.3) is 0 Å². The largest absolute Gasteiger partial charge is 0.371 e. The normalized spacial score (nSPS) is 16.9. The highest BCUT2D eigenvalue weighted by Gasteiger charge is 2.30. The highest BCUT2D eigenvalue weighted by Crippen LogP contribution is 2.36. The van der Waals surface area contributed by atoms with Crippen molar-refractivity contribution in [1.29, 1.82) is 0 Å². The lowest BCUT2D eigenvalue weighted by atomic mass is 10.2. The van der Waals surface area contributed by atoms with Gasteiger partial charge in [-0.3, -0.25) is 0 Å². The standard InChI is InChI=1S/C13H21N3/c1-4-14-13-9-12(7-8-15-13)16(3)10(2)11-5-6-11/h7-11H,4-6H2,1-3H3,(H,14,15). The SMILES string of the molecule is CCNc1cc(N(C)C(C)C2CC2)ccn1. The smallest absolute Gasteiger partial charge is 0.127 e. The maximum atomic E-state index is 4.29. The second-order valence-electron chi connectivity index (χ2n) is 4.62. The molecule has 1 aliphatic rings. The molecule has 16 heavy (non-hydrogen) atoms. The van der Waals surface area contributed by atoms with Crippen LogP contribution in [0, 0.1) is 5.92 Å². The van der Waals surface area contributed by atoms with Crippen LogP contribution in [-0.2, 0) is 0 Å². The van der Waals surface area contributed by atoms with Crippen molar-refractivity contribution in [2.24, 2.45) is 5.92 Å². The van der Waals surface area contributed by atoms with Gasteiger partial charge in [0.15, 0.2) is 0 Å². The zero-order chi connectivity index (χ0) is 11.5. The van der Waals surface area contributed by atoms with Crippen LogP contribution in [0.1, 0.15) is 26.7 Å². The van der Waals surface area contributed by atoms with Gasteiger partial charge >= 0.3 is 0 Å². The van der Waals surface area contributed by atoms with Gasteiger partial charge in [0, 0.05) is 37.6 Å². The van der Waals surface area contributed by atoms with Crippen LogP contribution in [0.15, 0.2) is 18.3 Å². The molecule has 3 heteroatoms. The third-order valence-electron chi connectivity index (χ3n) is 3.42. The van der Waals surface area contributed by atoms with Crippen molar-refractivity contribution in [2.45, 2.75) is 32.7 Å². The van der Waals surface area contributed by atoms with E-state index in [4.69, 9.17) is 0 Å². The van der Waals surface area contributed by atoms with Crippen LogP contribution in [0.5, 0.6) is 0 Å². The summed E-state index contributed by atoms with van der Waals surface area (Å²) in [5.74, 6) is 1.86. The Kier molecular flexibility index (Phi) is 3.32. The van der Waals surface area contributed by atoms with Crippen molar-refractivity contribution < 1.29 is 0 Å². The first-order valence-electron chi connectivity index (χ1n) is 6.15. The Morgan fingerprint density at radius 2 is 2.31 bits per heavy atom. The molecular weight excluding hydrogens is 198 g/mol. The van der Waals surface area contributed by atoms with Crippen LogP contribution in [0.25, 0.3) is 0 Å². The molecule has 3 nitrogen and oxygen atoms in total. The number of aromatic nitrogens is 1. The number of nitrogens with one attached hydrogen (secondary N) is 1. The summed E-state index contributed by atoms with van der Waals surface area (Å²) < 4.78 is 0. The van der Waals surface area contributed by atoms with Crippen LogP contribution < -0.4 is 10.2 Å². The first kappa shape index (κ1) is 11.2. The van der Waals surface area contributed by atoms with Gasteiger partial charge in [-0.25, -0.2) is 4.98 Å². The Morgan fingerprint density at radius 3 is 2.94 bits per heavy atom. The van der Waals surface area contributed by atoms with E-state index >= 15 is 0 Å². The van der Waals surface area contributed by atoms with E-state index < -0.39 is 0 Å². The minimum absolute atomic E-state index is 0.636. The Morgan fingerprint density at radius 1 is 1.56 bits per heavy atom. The van der Waals surface area contributed by atoms with E-state index in [1.54, 1.807) is 0 Å². The van der Waals surface area contributed by atoms with Crippen molar-refractivity contribution >= 4 is 11.5 Å². The molecule has 0 aromatic carbocycles. The van der Waals surface area contributed by atoms with Gasteiger partial charge in [-0.15, -0.1) is 0 Å². The molecule has 0 saturated heterocycles. The van der Waals surface area contributed by atoms with Crippen LogP contribution in [0.4, 0.5) is 11.5 Å². The molecule has 0 amide bonds. The number of pyridine rings is 1. The zero-order valence-corrected chi connectivity index (χ0v) is 10.4. The second kappa shape index (κ2) is 4.73. The Bertz CT molecular complexity index is 347. The minimum atomic E-state index is 0.636. The van der Waals surface area contributed by atoms with Crippen LogP contribution in [0.3, 0.4) is 0 Å². The first-order chi connectivity index (χ1) is 7.72. The van der Waals surface area contributed by atoms with Crippen LogP contribution in [-0.4, -0.2) is 24.6 Å². The van der Waals surface area contributed by atoms with Gasteiger partial charge in [0.1, 0.15) is 5.82 Å². The number of nitrogens with zero attached hydrogens (tertiary/aromatic N) is 2. The molecule has 88 valence electrons. The molecule has 2 rings (SSSR count). The molecule has 1 aliphatic carbocycles. The number of anilines is 2. The van der Waals surface area contributed by atoms with Crippen molar-refractivity contribution in [1.82, 2.24) is 4.98 Å². The predicted molar refractivity (Wildman–Crippen MR) is 69.0 cm³/mol. The second-order valence-corrected chi connectivity index (χ2v) is 4.62. The van der Waals surface area contributed by atoms with Gasteiger partial charge in [0.2, 0.25) is 0 Å². The van der Waals surface area contributed by atoms with Gasteiger partial charge in [-0.1, -0.05) is 0 Å². The molecule has 1 N–H and O–H groups in total. The van der Waals surface area contributed by atoms with Gasteiger partial charge in [0.05, 0.1) is 0 Å². The fraction of sp³-hybridized carbons (Fsp3) is 0.615. The van der Waals surface area contributed by atoms with Crippen LogP contribution in [0.2, 0.25) is 0 Å². The molecule has 0 radical (unpaired) electrons. The Hall–Kier alpha value is -1.25. The highest BCUT2D eigenvalue weighted by atomic mass is 15.1. The fourth-order valence-corrected chi connectivity index (χ4v) is 2.05. The number of hydrogen-bond acceptors (Lipinski definition) is 3. The summed E-state index contributed by atoms with van der Waals surface area (Å²) in [4.78, 5) is 6.65. The summed E-state index contributed by atoms with van der Waals surface area (Å²) in [5, 5.41) is 3.25. The quantitative estimate of drug-likeness (QED) is 0.825. The summed E-state index contributed by atoms with van der Waals surface area (Å²) >= 11 is 0. The van der Waals surface area contributed by atoms with E-state index in [2.05, 4.69) is 48.2 Å². The monoisotopic (exact) mass is 219 g/mol. The molecular formula is C13H21N3. The molecule has 1 heterocycles. The lowest BCUT2D eigenvalue weighted by Crippen LogP contribution is -2.30. The lowest BCUT2D eigenvalue weighted by molar-refractivity contribution is 0.609. The summed E-state index contributed by atoms with van der Waals surface area (Å²) in [5.41, 5.74) is 1.25. The molecule has 1 aromatic rings. The topological polar surface area (TPSA) is 28.2 Å². The molecule has 1 saturated carbocycles. The van der Waals surface area contributed by atoms with Crippen molar-refractivity contribution in [3.8, 4) is 0 Å². The van der Waals surface area contributed by atoms with E-state index in [0.29, 0.717) is 6.04 Å². The summed E-state index contributed by atoms with van der Waals surface area (Å²) in [6.07, 6.45) is 4.65. The molecule has 1 aromatic heterocycles. The summed E-state index contributed by atoms with van der Waals surface area (Å²) in [6.45, 7) is 5.31. The van der Waals surface area contributed by atoms with Crippen molar-refractivity contribution in [2.75, 3.05) is 23.8 Å². The zero-order valence-electron chi connectivity index (χ0n) is 10.4. The van der Waals surface area contributed by atoms with E-state index in [-0.39, 0.29) is 0 Å². The third kappa shape index (κ3) is 2.46. The van der Waals surface area contributed by atoms with Gasteiger partial charge in [-0.05, 0) is 38.7 Å². The molecule has 1 unspecified atom stereocenters. The summed E-state index contributed by atoms with van der Waals surface area (Å²) in [7, 11) is 2.17. The maximum absolute atomic E-state index is 4.29. The molecule has 1 atom stereocenters.